The molecule has 0 aliphatic heterocycles. The fourth-order valence-electron chi connectivity index (χ4n) is 2.48. The van der Waals surface area contributed by atoms with Gasteiger partial charge in [-0.1, -0.05) is 27.7 Å². The zero-order chi connectivity index (χ0) is 15.3. The van der Waals surface area contributed by atoms with Crippen LogP contribution in [0.4, 0.5) is 11.6 Å². The molecule has 0 radical (unpaired) electrons. The van der Waals surface area contributed by atoms with Crippen molar-refractivity contribution in [3.63, 3.8) is 0 Å². The summed E-state index contributed by atoms with van der Waals surface area (Å²) >= 11 is 0. The molecule has 5 nitrogen and oxygen atoms in total. The van der Waals surface area contributed by atoms with Gasteiger partial charge < -0.3 is 16.0 Å². The summed E-state index contributed by atoms with van der Waals surface area (Å²) in [6, 6.07) is 0.358. The van der Waals surface area contributed by atoms with Crippen molar-refractivity contribution in [1.29, 1.82) is 0 Å². The van der Waals surface area contributed by atoms with Crippen LogP contribution < -0.4 is 11.1 Å². The van der Waals surface area contributed by atoms with Gasteiger partial charge >= 0.3 is 0 Å². The number of likely N-dealkylation sites (N-methyl/N-ethyl adjacent to an activating group) is 1. The van der Waals surface area contributed by atoms with E-state index in [4.69, 9.17) is 5.73 Å². The Labute approximate surface area is 123 Å². The minimum Gasteiger partial charge on any atom is -0.383 e. The SMILES string of the molecule is CC(C)CC(CN(C)C)Nc1ncnc(N)c1C(C)C. The number of nitrogen functional groups attached to an aromatic ring is 1. The number of rotatable bonds is 7. The second kappa shape index (κ2) is 7.43. The number of nitrogens with one attached hydrogen (secondary N) is 1. The van der Waals surface area contributed by atoms with Gasteiger partial charge in [0.1, 0.15) is 18.0 Å². The van der Waals surface area contributed by atoms with Crippen molar-refractivity contribution < 1.29 is 0 Å². The fraction of sp³-hybridized carbons (Fsp3) is 0.733. The molecule has 0 fully saturated rings. The fourth-order valence-corrected chi connectivity index (χ4v) is 2.48. The number of hydrogen-bond acceptors (Lipinski definition) is 5. The first-order valence-electron chi connectivity index (χ1n) is 7.32. The average Bonchev–Trinajstić information content (AvgIpc) is 2.26. The Morgan fingerprint density at radius 1 is 1.20 bits per heavy atom. The first-order chi connectivity index (χ1) is 9.31. The van der Waals surface area contributed by atoms with Gasteiger partial charge in [-0.25, -0.2) is 9.97 Å². The molecule has 0 saturated heterocycles. The first kappa shape index (κ1) is 16.7. The van der Waals surface area contributed by atoms with E-state index in [1.807, 2.05) is 0 Å². The van der Waals surface area contributed by atoms with E-state index in [0.29, 0.717) is 23.7 Å². The van der Waals surface area contributed by atoms with Gasteiger partial charge in [0.05, 0.1) is 0 Å². The molecule has 1 atom stereocenters. The van der Waals surface area contributed by atoms with E-state index in [0.717, 1.165) is 24.3 Å². The maximum Gasteiger partial charge on any atom is 0.135 e. The Morgan fingerprint density at radius 3 is 2.35 bits per heavy atom. The average molecular weight is 279 g/mol. The van der Waals surface area contributed by atoms with Crippen molar-refractivity contribution >= 4 is 11.6 Å². The largest absolute Gasteiger partial charge is 0.383 e. The van der Waals surface area contributed by atoms with Crippen molar-refractivity contribution in [3.05, 3.63) is 11.9 Å². The number of anilines is 2. The Bertz CT molecular complexity index is 405. The maximum atomic E-state index is 6.00. The molecular formula is C15H29N5. The lowest BCUT2D eigenvalue weighted by atomic mass is 10.0. The van der Waals surface area contributed by atoms with Gasteiger partial charge in [-0.15, -0.1) is 0 Å². The second-order valence-electron chi connectivity index (χ2n) is 6.41. The summed E-state index contributed by atoms with van der Waals surface area (Å²) in [5, 5.41) is 3.56. The predicted octanol–water partition coefficient (Wildman–Crippen LogP) is 2.57. The molecule has 3 N–H and O–H groups in total. The van der Waals surface area contributed by atoms with Crippen LogP contribution in [-0.4, -0.2) is 41.5 Å². The van der Waals surface area contributed by atoms with Gasteiger partial charge in [-0.3, -0.25) is 0 Å². The van der Waals surface area contributed by atoms with Crippen LogP contribution in [0.5, 0.6) is 0 Å². The zero-order valence-corrected chi connectivity index (χ0v) is 13.6. The summed E-state index contributed by atoms with van der Waals surface area (Å²) in [5.74, 6) is 2.39. The third-order valence-electron chi connectivity index (χ3n) is 3.17. The lowest BCUT2D eigenvalue weighted by Gasteiger charge is -2.26. The third-order valence-corrected chi connectivity index (χ3v) is 3.17. The molecule has 1 heterocycles. The maximum absolute atomic E-state index is 6.00. The molecule has 0 aliphatic rings. The molecular weight excluding hydrogens is 250 g/mol. The minimum atomic E-state index is 0.303. The molecule has 0 amide bonds. The number of aromatic nitrogens is 2. The van der Waals surface area contributed by atoms with E-state index in [-0.39, 0.29) is 0 Å². The van der Waals surface area contributed by atoms with E-state index >= 15 is 0 Å². The van der Waals surface area contributed by atoms with Crippen LogP contribution in [0.2, 0.25) is 0 Å². The van der Waals surface area contributed by atoms with Crippen molar-refractivity contribution in [1.82, 2.24) is 14.9 Å². The Morgan fingerprint density at radius 2 is 1.85 bits per heavy atom. The van der Waals surface area contributed by atoms with Gasteiger partial charge in [0.2, 0.25) is 0 Å². The molecule has 5 heteroatoms. The van der Waals surface area contributed by atoms with E-state index in [1.165, 1.54) is 6.33 Å². The van der Waals surface area contributed by atoms with Crippen molar-refractivity contribution in [2.24, 2.45) is 5.92 Å². The number of nitrogens with zero attached hydrogens (tertiary/aromatic N) is 3. The summed E-state index contributed by atoms with van der Waals surface area (Å²) < 4.78 is 0. The summed E-state index contributed by atoms with van der Waals surface area (Å²) in [5.41, 5.74) is 7.01. The van der Waals surface area contributed by atoms with Crippen LogP contribution in [0.1, 0.15) is 45.6 Å². The third kappa shape index (κ3) is 4.96. The number of hydrogen-bond donors (Lipinski definition) is 2. The second-order valence-corrected chi connectivity index (χ2v) is 6.41. The molecule has 1 unspecified atom stereocenters. The predicted molar refractivity (Wildman–Crippen MR) is 86.0 cm³/mol. The normalized spacial score (nSPS) is 13.2. The van der Waals surface area contributed by atoms with Crippen molar-refractivity contribution in [2.45, 2.75) is 46.1 Å². The van der Waals surface area contributed by atoms with Crippen LogP contribution >= 0.6 is 0 Å². The molecule has 1 aromatic rings. The first-order valence-corrected chi connectivity index (χ1v) is 7.32. The lowest BCUT2D eigenvalue weighted by molar-refractivity contribution is 0.356. The molecule has 1 rings (SSSR count). The van der Waals surface area contributed by atoms with Gasteiger partial charge in [-0.05, 0) is 32.4 Å². The summed E-state index contributed by atoms with van der Waals surface area (Å²) in [7, 11) is 4.18. The zero-order valence-electron chi connectivity index (χ0n) is 13.6. The molecule has 1 aromatic heterocycles. The Balaban J connectivity index is 2.95. The molecule has 114 valence electrons. The highest BCUT2D eigenvalue weighted by Gasteiger charge is 2.18. The van der Waals surface area contributed by atoms with Gasteiger partial charge in [-0.2, -0.15) is 0 Å². The van der Waals surface area contributed by atoms with Crippen LogP contribution in [0.25, 0.3) is 0 Å². The highest BCUT2D eigenvalue weighted by atomic mass is 15.1. The standard InChI is InChI=1S/C15H29N5/c1-10(2)7-12(8-20(5)6)19-15-13(11(3)4)14(16)17-9-18-15/h9-12H,7-8H2,1-6H3,(H3,16,17,18,19). The number of nitrogens with two attached hydrogens (primary N) is 1. The molecule has 0 aliphatic carbocycles. The van der Waals surface area contributed by atoms with Crippen LogP contribution in [0, 0.1) is 5.92 Å². The summed E-state index contributed by atoms with van der Waals surface area (Å²) in [6.07, 6.45) is 2.63. The van der Waals surface area contributed by atoms with Crippen molar-refractivity contribution in [3.8, 4) is 0 Å². The van der Waals surface area contributed by atoms with Crippen molar-refractivity contribution in [2.75, 3.05) is 31.7 Å². The topological polar surface area (TPSA) is 67.1 Å². The van der Waals surface area contributed by atoms with E-state index < -0.39 is 0 Å². The highest BCUT2D eigenvalue weighted by molar-refractivity contribution is 5.57. The van der Waals surface area contributed by atoms with E-state index in [1.54, 1.807) is 0 Å². The molecule has 0 spiro atoms. The Hall–Kier alpha value is -1.36. The van der Waals surface area contributed by atoms with E-state index in [9.17, 15) is 0 Å². The highest BCUT2D eigenvalue weighted by Crippen LogP contribution is 2.27. The summed E-state index contributed by atoms with van der Waals surface area (Å²) in [4.78, 5) is 10.7. The minimum absolute atomic E-state index is 0.303. The monoisotopic (exact) mass is 279 g/mol. The molecule has 0 saturated carbocycles. The Kier molecular flexibility index (Phi) is 6.20. The van der Waals surface area contributed by atoms with Crippen LogP contribution in [-0.2, 0) is 0 Å². The van der Waals surface area contributed by atoms with Gasteiger partial charge in [0, 0.05) is 18.2 Å². The molecule has 20 heavy (non-hydrogen) atoms. The van der Waals surface area contributed by atoms with Gasteiger partial charge in [0.25, 0.3) is 0 Å². The lowest BCUT2D eigenvalue weighted by Crippen LogP contribution is -2.34. The van der Waals surface area contributed by atoms with E-state index in [2.05, 4.69) is 62.0 Å². The molecule has 0 aromatic carbocycles. The smallest absolute Gasteiger partial charge is 0.135 e. The van der Waals surface area contributed by atoms with Crippen LogP contribution in [0.3, 0.4) is 0 Å². The van der Waals surface area contributed by atoms with Gasteiger partial charge in [0.15, 0.2) is 0 Å². The molecule has 0 bridgehead atoms. The quantitative estimate of drug-likeness (QED) is 0.803. The summed E-state index contributed by atoms with van der Waals surface area (Å²) in [6.45, 7) is 9.68. The van der Waals surface area contributed by atoms with Crippen LogP contribution in [0.15, 0.2) is 6.33 Å².